The van der Waals surface area contributed by atoms with Gasteiger partial charge in [0.15, 0.2) is 0 Å². The van der Waals surface area contributed by atoms with E-state index in [2.05, 4.69) is 24.5 Å². The Balaban J connectivity index is 1.55. The van der Waals surface area contributed by atoms with Crippen LogP contribution in [0.3, 0.4) is 0 Å². The number of hydrogen-bond acceptors (Lipinski definition) is 4. The Labute approximate surface area is 191 Å². The minimum absolute atomic E-state index is 0.176. The van der Waals surface area contributed by atoms with Gasteiger partial charge in [0.25, 0.3) is 0 Å². The molecule has 2 heterocycles. The van der Waals surface area contributed by atoms with Crippen molar-refractivity contribution < 1.29 is 19.2 Å². The molecule has 0 spiro atoms. The van der Waals surface area contributed by atoms with E-state index in [1.807, 2.05) is 0 Å². The van der Waals surface area contributed by atoms with Crippen LogP contribution in [-0.2, 0) is 19.2 Å². The second-order valence-electron chi connectivity index (χ2n) is 10.1. The topological polar surface area (TPSA) is 98.8 Å². The number of hydrogen-bond donors (Lipinski definition) is 2. The normalized spacial score (nSPS) is 22.3. The predicted octanol–water partition coefficient (Wildman–Crippen LogP) is 1.68. The van der Waals surface area contributed by atoms with E-state index in [-0.39, 0.29) is 18.5 Å². The van der Waals surface area contributed by atoms with Gasteiger partial charge in [-0.15, -0.1) is 0 Å². The summed E-state index contributed by atoms with van der Waals surface area (Å²) in [6, 6.07) is -0.339. The smallest absolute Gasteiger partial charge is 0.311 e. The summed E-state index contributed by atoms with van der Waals surface area (Å²) in [6.07, 6.45) is 8.88. The van der Waals surface area contributed by atoms with E-state index < -0.39 is 23.6 Å². The molecule has 3 fully saturated rings. The number of piperidine rings is 2. The van der Waals surface area contributed by atoms with Gasteiger partial charge in [0.2, 0.25) is 0 Å². The van der Waals surface area contributed by atoms with Crippen molar-refractivity contribution in [1.82, 2.24) is 20.4 Å². The predicted molar refractivity (Wildman–Crippen MR) is 121 cm³/mol. The van der Waals surface area contributed by atoms with Crippen molar-refractivity contribution in [1.29, 1.82) is 0 Å². The van der Waals surface area contributed by atoms with Crippen LogP contribution < -0.4 is 10.6 Å². The molecular formula is C24H40N4O4. The summed E-state index contributed by atoms with van der Waals surface area (Å²) in [6.45, 7) is 6.94. The summed E-state index contributed by atoms with van der Waals surface area (Å²) in [5, 5.41) is 5.65. The molecule has 1 atom stereocenters. The van der Waals surface area contributed by atoms with E-state index in [0.29, 0.717) is 38.0 Å². The lowest BCUT2D eigenvalue weighted by molar-refractivity contribution is -0.148. The first-order chi connectivity index (χ1) is 15.3. The summed E-state index contributed by atoms with van der Waals surface area (Å²) in [5.74, 6) is -0.840. The van der Waals surface area contributed by atoms with E-state index in [4.69, 9.17) is 0 Å². The molecule has 8 nitrogen and oxygen atoms in total. The summed E-state index contributed by atoms with van der Waals surface area (Å²) in [5.41, 5.74) is 0. The number of nitrogens with zero attached hydrogens (tertiary/aromatic N) is 2. The highest BCUT2D eigenvalue weighted by molar-refractivity contribution is 6.35. The van der Waals surface area contributed by atoms with Gasteiger partial charge in [-0.05, 0) is 56.3 Å². The molecule has 1 saturated carbocycles. The van der Waals surface area contributed by atoms with Crippen molar-refractivity contribution in [2.75, 3.05) is 32.7 Å². The van der Waals surface area contributed by atoms with Gasteiger partial charge in [-0.25, -0.2) is 0 Å². The minimum Gasteiger partial charge on any atom is -0.346 e. The molecule has 1 aliphatic carbocycles. The van der Waals surface area contributed by atoms with Crippen LogP contribution in [0.5, 0.6) is 0 Å². The fourth-order valence-electron chi connectivity index (χ4n) is 5.09. The second kappa shape index (κ2) is 11.7. The Morgan fingerprint density at radius 3 is 1.69 bits per heavy atom. The average Bonchev–Trinajstić information content (AvgIpc) is 2.82. The Morgan fingerprint density at radius 2 is 1.19 bits per heavy atom. The Hall–Kier alpha value is -2.12. The lowest BCUT2D eigenvalue weighted by Gasteiger charge is -2.33. The van der Waals surface area contributed by atoms with Crippen molar-refractivity contribution in [2.24, 2.45) is 17.8 Å². The van der Waals surface area contributed by atoms with Gasteiger partial charge >= 0.3 is 23.6 Å². The molecule has 0 unspecified atom stereocenters. The third-order valence-electron chi connectivity index (χ3n) is 7.55. The highest BCUT2D eigenvalue weighted by Crippen LogP contribution is 2.26. The van der Waals surface area contributed by atoms with Gasteiger partial charge < -0.3 is 20.4 Å². The Morgan fingerprint density at radius 1 is 0.719 bits per heavy atom. The van der Waals surface area contributed by atoms with Crippen LogP contribution in [0.25, 0.3) is 0 Å². The van der Waals surface area contributed by atoms with Crippen molar-refractivity contribution in [3.05, 3.63) is 0 Å². The maximum absolute atomic E-state index is 12.7. The van der Waals surface area contributed by atoms with Gasteiger partial charge in [-0.3, -0.25) is 19.2 Å². The van der Waals surface area contributed by atoms with Gasteiger partial charge in [0.1, 0.15) is 0 Å². The summed E-state index contributed by atoms with van der Waals surface area (Å²) in [7, 11) is 0. The van der Waals surface area contributed by atoms with Gasteiger partial charge in [-0.1, -0.05) is 33.1 Å². The first-order valence-electron chi connectivity index (χ1n) is 12.5. The highest BCUT2D eigenvalue weighted by Gasteiger charge is 2.32. The molecule has 0 radical (unpaired) electrons. The summed E-state index contributed by atoms with van der Waals surface area (Å²) in [4.78, 5) is 53.7. The molecule has 0 aromatic heterocycles. The van der Waals surface area contributed by atoms with Gasteiger partial charge in [-0.2, -0.15) is 0 Å². The molecule has 180 valence electrons. The fraction of sp³-hybridized carbons (Fsp3) is 0.833. The monoisotopic (exact) mass is 448 g/mol. The van der Waals surface area contributed by atoms with Crippen LogP contribution in [0.15, 0.2) is 0 Å². The van der Waals surface area contributed by atoms with Crippen molar-refractivity contribution in [2.45, 2.75) is 77.7 Å². The molecule has 4 amide bonds. The largest absolute Gasteiger partial charge is 0.346 e. The minimum atomic E-state index is -0.619. The number of carbonyl (C=O) groups excluding carboxylic acids is 4. The van der Waals surface area contributed by atoms with E-state index >= 15 is 0 Å². The van der Waals surface area contributed by atoms with Crippen LogP contribution in [0.2, 0.25) is 0 Å². The molecular weight excluding hydrogens is 408 g/mol. The Bertz CT molecular complexity index is 675. The van der Waals surface area contributed by atoms with Crippen LogP contribution in [0.1, 0.15) is 71.6 Å². The molecule has 0 aromatic carbocycles. The van der Waals surface area contributed by atoms with E-state index in [1.54, 1.807) is 9.80 Å². The number of amides is 4. The fourth-order valence-corrected chi connectivity index (χ4v) is 5.09. The lowest BCUT2D eigenvalue weighted by atomic mass is 9.83. The van der Waals surface area contributed by atoms with Gasteiger partial charge in [0, 0.05) is 38.8 Å². The molecule has 2 aliphatic heterocycles. The first-order valence-corrected chi connectivity index (χ1v) is 12.5. The zero-order valence-corrected chi connectivity index (χ0v) is 19.7. The molecule has 32 heavy (non-hydrogen) atoms. The van der Waals surface area contributed by atoms with E-state index in [9.17, 15) is 19.2 Å². The van der Waals surface area contributed by atoms with Crippen molar-refractivity contribution >= 4 is 23.6 Å². The van der Waals surface area contributed by atoms with Crippen molar-refractivity contribution in [3.63, 3.8) is 0 Å². The standard InChI is InChI=1S/C24H40N4O4/c1-17-8-12-27(13-9-17)23(31)21(29)25-16-20(19-6-4-3-5-7-19)26-22(30)24(32)28-14-10-18(2)11-15-28/h17-20H,3-16H2,1-2H3,(H,25,29)(H,26,30)/t20-/m0/s1. The zero-order chi connectivity index (χ0) is 23.1. The molecule has 0 bridgehead atoms. The van der Waals surface area contributed by atoms with Crippen LogP contribution in [0, 0.1) is 17.8 Å². The quantitative estimate of drug-likeness (QED) is 0.640. The first kappa shape index (κ1) is 24.5. The number of nitrogens with one attached hydrogen (secondary N) is 2. The van der Waals surface area contributed by atoms with Crippen LogP contribution in [0.4, 0.5) is 0 Å². The molecule has 8 heteroatoms. The average molecular weight is 449 g/mol. The Kier molecular flexibility index (Phi) is 8.93. The van der Waals surface area contributed by atoms with Crippen LogP contribution in [-0.4, -0.2) is 72.2 Å². The summed E-state index contributed by atoms with van der Waals surface area (Å²) < 4.78 is 0. The van der Waals surface area contributed by atoms with E-state index in [1.165, 1.54) is 6.42 Å². The SMILES string of the molecule is CC1CCN(C(=O)C(=O)NC[C@H](NC(=O)C(=O)N2CCC(C)CC2)C2CCCCC2)CC1. The highest BCUT2D eigenvalue weighted by atomic mass is 16.2. The second-order valence-corrected chi connectivity index (χ2v) is 10.1. The number of carbonyl (C=O) groups is 4. The maximum atomic E-state index is 12.7. The van der Waals surface area contributed by atoms with Crippen LogP contribution >= 0.6 is 0 Å². The lowest BCUT2D eigenvalue weighted by Crippen LogP contribution is -2.55. The molecule has 3 rings (SSSR count). The van der Waals surface area contributed by atoms with E-state index in [0.717, 1.165) is 51.4 Å². The third kappa shape index (κ3) is 6.69. The maximum Gasteiger partial charge on any atom is 0.311 e. The molecule has 3 aliphatic rings. The molecule has 2 N–H and O–H groups in total. The van der Waals surface area contributed by atoms with Gasteiger partial charge in [0.05, 0.1) is 0 Å². The molecule has 2 saturated heterocycles. The number of likely N-dealkylation sites (tertiary alicyclic amines) is 2. The molecule has 0 aromatic rings. The third-order valence-corrected chi connectivity index (χ3v) is 7.55. The summed E-state index contributed by atoms with van der Waals surface area (Å²) >= 11 is 0. The zero-order valence-electron chi connectivity index (χ0n) is 19.7. The number of rotatable bonds is 4. The van der Waals surface area contributed by atoms with Crippen molar-refractivity contribution in [3.8, 4) is 0 Å².